The van der Waals surface area contributed by atoms with Gasteiger partial charge in [-0.1, -0.05) is 30.4 Å². The average Bonchev–Trinajstić information content (AvgIpc) is 3.20. The largest absolute Gasteiger partial charge is 0.494 e. The van der Waals surface area contributed by atoms with Crippen LogP contribution in [-0.2, 0) is 0 Å². The van der Waals surface area contributed by atoms with Crippen LogP contribution in [0.25, 0.3) is 5.57 Å². The molecule has 0 radical (unpaired) electrons. The van der Waals surface area contributed by atoms with Gasteiger partial charge in [0.15, 0.2) is 0 Å². The molecule has 3 rings (SSSR count). The Morgan fingerprint density at radius 2 is 1.56 bits per heavy atom. The predicted octanol–water partition coefficient (Wildman–Crippen LogP) is 6.53. The third-order valence-electron chi connectivity index (χ3n) is 3.95. The fraction of sp³-hybridized carbons (Fsp3) is 0.238. The zero-order chi connectivity index (χ0) is 17.3. The van der Waals surface area contributed by atoms with Crippen molar-refractivity contribution in [3.8, 4) is 5.75 Å². The smallest absolute Gasteiger partial charge is 0.119 e. The first-order valence-electron chi connectivity index (χ1n) is 8.57. The molecule has 128 valence electrons. The lowest BCUT2D eigenvalue weighted by Crippen LogP contribution is -1.97. The van der Waals surface area contributed by atoms with Crippen molar-refractivity contribution in [2.24, 2.45) is 10.2 Å². The van der Waals surface area contributed by atoms with Crippen LogP contribution in [-0.4, -0.2) is 12.4 Å². The van der Waals surface area contributed by atoms with Crippen LogP contribution in [0.15, 0.2) is 77.0 Å². The molecule has 1 aliphatic carbocycles. The molecule has 3 nitrogen and oxygen atoms in total. The first kappa shape index (κ1) is 17.5. The highest BCUT2D eigenvalue weighted by Gasteiger charge is 2.02. The quantitative estimate of drug-likeness (QED) is 0.327. The number of azo groups is 1. The van der Waals surface area contributed by atoms with E-state index in [2.05, 4.69) is 53.2 Å². The molecule has 1 aliphatic rings. The fourth-order valence-electron chi connectivity index (χ4n) is 2.53. The molecule has 2 aromatic carbocycles. The third kappa shape index (κ3) is 5.33. The van der Waals surface area contributed by atoms with Gasteiger partial charge < -0.3 is 4.74 Å². The normalized spacial score (nSPS) is 13.4. The number of unbranched alkanes of at least 4 members (excludes halogenated alkanes) is 1. The molecule has 0 bridgehead atoms. The first-order valence-corrected chi connectivity index (χ1v) is 9.20. The van der Waals surface area contributed by atoms with Crippen molar-refractivity contribution in [1.29, 1.82) is 0 Å². The van der Waals surface area contributed by atoms with Gasteiger partial charge in [0, 0.05) is 0 Å². The number of benzene rings is 2. The zero-order valence-electron chi connectivity index (χ0n) is 14.1. The summed E-state index contributed by atoms with van der Waals surface area (Å²) in [6.07, 6.45) is 9.51. The Morgan fingerprint density at radius 3 is 2.16 bits per heavy atom. The second-order valence-electron chi connectivity index (χ2n) is 5.84. The summed E-state index contributed by atoms with van der Waals surface area (Å²) in [7, 11) is 0. The molecule has 25 heavy (non-hydrogen) atoms. The summed E-state index contributed by atoms with van der Waals surface area (Å²) in [6.45, 7) is 0.722. The van der Waals surface area contributed by atoms with Gasteiger partial charge in [0.05, 0.1) is 18.0 Å². The van der Waals surface area contributed by atoms with Gasteiger partial charge in [-0.25, -0.2) is 0 Å². The molecular formula is C21H22N2OS. The zero-order valence-corrected chi connectivity index (χ0v) is 15.0. The first-order chi connectivity index (χ1) is 12.3. The van der Waals surface area contributed by atoms with E-state index in [0.29, 0.717) is 0 Å². The molecule has 0 aliphatic heterocycles. The molecule has 0 amide bonds. The number of hydrogen-bond acceptors (Lipinski definition) is 4. The number of ether oxygens (including phenoxy) is 1. The molecule has 0 unspecified atom stereocenters. The van der Waals surface area contributed by atoms with Gasteiger partial charge in [0.25, 0.3) is 0 Å². The third-order valence-corrected chi connectivity index (χ3v) is 4.26. The predicted molar refractivity (Wildman–Crippen MR) is 107 cm³/mol. The summed E-state index contributed by atoms with van der Waals surface area (Å²) >= 11 is 4.19. The van der Waals surface area contributed by atoms with Crippen molar-refractivity contribution in [3.63, 3.8) is 0 Å². The number of rotatable bonds is 8. The van der Waals surface area contributed by atoms with Crippen LogP contribution in [0, 0.1) is 0 Å². The molecule has 0 heterocycles. The van der Waals surface area contributed by atoms with Crippen molar-refractivity contribution >= 4 is 29.6 Å². The molecule has 4 heteroatoms. The van der Waals surface area contributed by atoms with Crippen molar-refractivity contribution in [2.45, 2.75) is 19.3 Å². The molecule has 0 spiro atoms. The maximum absolute atomic E-state index is 5.67. The van der Waals surface area contributed by atoms with E-state index in [1.165, 1.54) is 11.1 Å². The molecule has 0 N–H and O–H groups in total. The Balaban J connectivity index is 1.54. The average molecular weight is 350 g/mol. The van der Waals surface area contributed by atoms with Crippen LogP contribution in [0.3, 0.4) is 0 Å². The van der Waals surface area contributed by atoms with E-state index >= 15 is 0 Å². The minimum atomic E-state index is 0.722. The lowest BCUT2D eigenvalue weighted by atomic mass is 10.1. The Kier molecular flexibility index (Phi) is 6.46. The van der Waals surface area contributed by atoms with Gasteiger partial charge in [-0.05, 0) is 72.6 Å². The molecule has 0 atom stereocenters. The topological polar surface area (TPSA) is 34.0 Å². The summed E-state index contributed by atoms with van der Waals surface area (Å²) < 4.78 is 5.67. The van der Waals surface area contributed by atoms with Gasteiger partial charge in [-0.2, -0.15) is 22.9 Å². The van der Waals surface area contributed by atoms with Crippen LogP contribution >= 0.6 is 12.6 Å². The van der Waals surface area contributed by atoms with E-state index in [4.69, 9.17) is 4.74 Å². The summed E-state index contributed by atoms with van der Waals surface area (Å²) in [6, 6.07) is 15.9. The number of thiol groups is 1. The number of hydrogen-bond donors (Lipinski definition) is 1. The molecule has 0 fully saturated rings. The van der Waals surface area contributed by atoms with Crippen LogP contribution < -0.4 is 4.74 Å². The van der Waals surface area contributed by atoms with Crippen molar-refractivity contribution in [1.82, 2.24) is 0 Å². The summed E-state index contributed by atoms with van der Waals surface area (Å²) in [5.74, 6) is 1.76. The van der Waals surface area contributed by atoms with Gasteiger partial charge in [-0.15, -0.1) is 0 Å². The van der Waals surface area contributed by atoms with E-state index < -0.39 is 0 Å². The molecule has 0 saturated carbocycles. The maximum Gasteiger partial charge on any atom is 0.119 e. The summed E-state index contributed by atoms with van der Waals surface area (Å²) in [5, 5.41) is 8.59. The Labute approximate surface area is 154 Å². The number of allylic oxidation sites excluding steroid dienone is 4. The van der Waals surface area contributed by atoms with E-state index in [9.17, 15) is 0 Å². The summed E-state index contributed by atoms with van der Waals surface area (Å²) in [5.41, 5.74) is 4.24. The highest BCUT2D eigenvalue weighted by molar-refractivity contribution is 7.80. The van der Waals surface area contributed by atoms with Gasteiger partial charge in [-0.3, -0.25) is 0 Å². The van der Waals surface area contributed by atoms with Crippen LogP contribution in [0.1, 0.15) is 24.8 Å². The van der Waals surface area contributed by atoms with Crippen LogP contribution in [0.5, 0.6) is 5.75 Å². The Morgan fingerprint density at radius 1 is 0.880 bits per heavy atom. The van der Waals surface area contributed by atoms with Gasteiger partial charge in [0.2, 0.25) is 0 Å². The lowest BCUT2D eigenvalue weighted by molar-refractivity contribution is 0.310. The molecular weight excluding hydrogens is 328 g/mol. The minimum absolute atomic E-state index is 0.722. The molecule has 0 aromatic heterocycles. The van der Waals surface area contributed by atoms with E-state index in [1.807, 2.05) is 36.4 Å². The second-order valence-corrected chi connectivity index (χ2v) is 6.29. The lowest BCUT2D eigenvalue weighted by Gasteiger charge is -2.05. The highest BCUT2D eigenvalue weighted by Crippen LogP contribution is 2.26. The Hall–Kier alpha value is -2.33. The second kappa shape index (κ2) is 9.23. The maximum atomic E-state index is 5.67. The van der Waals surface area contributed by atoms with Gasteiger partial charge >= 0.3 is 0 Å². The van der Waals surface area contributed by atoms with E-state index in [0.717, 1.165) is 48.7 Å². The Bertz CT molecular complexity index is 761. The minimum Gasteiger partial charge on any atom is -0.494 e. The van der Waals surface area contributed by atoms with E-state index in [1.54, 1.807) is 0 Å². The monoisotopic (exact) mass is 350 g/mol. The van der Waals surface area contributed by atoms with Crippen LogP contribution in [0.2, 0.25) is 0 Å². The standard InChI is InChI=1S/C21H22N2OS/c25-16-4-3-15-24-21-13-11-20(12-14-21)23-22-19-9-7-18(8-10-19)17-5-1-2-6-17/h1-2,5,7-14,25H,3-4,6,15-16H2. The van der Waals surface area contributed by atoms with E-state index in [-0.39, 0.29) is 0 Å². The number of nitrogens with zero attached hydrogens (tertiary/aromatic N) is 2. The SMILES string of the molecule is SCCCCOc1ccc(N=Nc2ccc(C3=CC=CC3)cc2)cc1. The van der Waals surface area contributed by atoms with Gasteiger partial charge in [0.1, 0.15) is 5.75 Å². The molecule has 2 aromatic rings. The fourth-order valence-corrected chi connectivity index (χ4v) is 2.76. The highest BCUT2D eigenvalue weighted by atomic mass is 32.1. The molecule has 0 saturated heterocycles. The van der Waals surface area contributed by atoms with Crippen molar-refractivity contribution < 1.29 is 4.74 Å². The van der Waals surface area contributed by atoms with Crippen molar-refractivity contribution in [3.05, 3.63) is 72.3 Å². The summed E-state index contributed by atoms with van der Waals surface area (Å²) in [4.78, 5) is 0. The van der Waals surface area contributed by atoms with Crippen LogP contribution in [0.4, 0.5) is 11.4 Å². The van der Waals surface area contributed by atoms with Crippen molar-refractivity contribution in [2.75, 3.05) is 12.4 Å².